The van der Waals surface area contributed by atoms with Gasteiger partial charge in [-0.1, -0.05) is 11.8 Å². The molecule has 0 radical (unpaired) electrons. The molecular formula is C22H24FN7O2S. The van der Waals surface area contributed by atoms with Gasteiger partial charge in [-0.25, -0.2) is 14.4 Å². The number of fused-ring (bicyclic) bond motifs is 2. The second-order valence-corrected chi connectivity index (χ2v) is 9.28. The van der Waals surface area contributed by atoms with Crippen LogP contribution in [0.25, 0.3) is 11.0 Å². The Morgan fingerprint density at radius 3 is 3.03 bits per heavy atom. The lowest BCUT2D eigenvalue weighted by atomic mass is 10.1. The Labute approximate surface area is 193 Å². The van der Waals surface area contributed by atoms with Crippen LogP contribution in [0.1, 0.15) is 12.1 Å². The van der Waals surface area contributed by atoms with Crippen molar-refractivity contribution in [3.05, 3.63) is 52.5 Å². The minimum Gasteiger partial charge on any atom is -0.311 e. The second-order valence-electron chi connectivity index (χ2n) is 8.32. The molecule has 3 aromatic rings. The molecule has 1 atom stereocenters. The van der Waals surface area contributed by atoms with Crippen molar-refractivity contribution in [2.45, 2.75) is 24.5 Å². The molecule has 5 rings (SSSR count). The van der Waals surface area contributed by atoms with E-state index >= 15 is 0 Å². The van der Waals surface area contributed by atoms with Crippen LogP contribution < -0.4 is 16.2 Å². The molecule has 0 unspecified atom stereocenters. The number of aromatic nitrogens is 4. The van der Waals surface area contributed by atoms with Crippen molar-refractivity contribution in [1.82, 2.24) is 29.7 Å². The van der Waals surface area contributed by atoms with E-state index in [0.717, 1.165) is 43.3 Å². The molecule has 5 heterocycles. The summed E-state index contributed by atoms with van der Waals surface area (Å²) in [5.74, 6) is 0.917. The molecule has 11 heteroatoms. The third kappa shape index (κ3) is 5.05. The summed E-state index contributed by atoms with van der Waals surface area (Å²) in [5, 5.41) is 6.97. The van der Waals surface area contributed by atoms with E-state index in [-0.39, 0.29) is 11.5 Å². The molecular weight excluding hydrogens is 445 g/mol. The van der Waals surface area contributed by atoms with Gasteiger partial charge in [0.05, 0.1) is 34.9 Å². The number of amides is 1. The fourth-order valence-corrected chi connectivity index (χ4v) is 4.99. The molecule has 3 aromatic heterocycles. The van der Waals surface area contributed by atoms with Gasteiger partial charge in [0.1, 0.15) is 10.8 Å². The summed E-state index contributed by atoms with van der Waals surface area (Å²) < 4.78 is 15.3. The fourth-order valence-electron chi connectivity index (χ4n) is 4.29. The minimum absolute atomic E-state index is 0.0508. The number of carbonyl (C=O) groups excluding carboxylic acids is 1. The number of likely N-dealkylation sites (tertiary alicyclic amines) is 1. The van der Waals surface area contributed by atoms with Crippen LogP contribution >= 0.6 is 11.8 Å². The van der Waals surface area contributed by atoms with Gasteiger partial charge in [-0.2, -0.15) is 0 Å². The highest BCUT2D eigenvalue weighted by atomic mass is 32.2. The Morgan fingerprint density at radius 2 is 2.12 bits per heavy atom. The average Bonchev–Trinajstić information content (AvgIpc) is 3.26. The quantitative estimate of drug-likeness (QED) is 0.536. The van der Waals surface area contributed by atoms with Crippen molar-refractivity contribution >= 4 is 34.5 Å². The lowest BCUT2D eigenvalue weighted by Gasteiger charge is -2.18. The van der Waals surface area contributed by atoms with Gasteiger partial charge in [0.2, 0.25) is 5.91 Å². The Hall–Kier alpha value is -2.89. The van der Waals surface area contributed by atoms with Crippen molar-refractivity contribution in [2.75, 3.05) is 37.2 Å². The summed E-state index contributed by atoms with van der Waals surface area (Å²) in [4.78, 5) is 39.2. The average molecular weight is 470 g/mol. The normalized spacial score (nSPS) is 18.5. The number of halogens is 1. The summed E-state index contributed by atoms with van der Waals surface area (Å²) in [6.45, 7) is 4.54. The van der Waals surface area contributed by atoms with Crippen LogP contribution in [0.4, 0.5) is 10.2 Å². The van der Waals surface area contributed by atoms with Crippen LogP contribution in [0, 0.1) is 11.7 Å². The van der Waals surface area contributed by atoms with Crippen molar-refractivity contribution in [1.29, 1.82) is 0 Å². The number of hydrogen-bond acceptors (Lipinski definition) is 8. The van der Waals surface area contributed by atoms with E-state index in [1.165, 1.54) is 30.1 Å². The van der Waals surface area contributed by atoms with Gasteiger partial charge < -0.3 is 20.1 Å². The standard InChI is InChI=1S/C22H24FN7O2S/c23-15-7-18-17(25-9-15)1-2-20(32)30(18)6-5-29-4-3-14(12-29)8-24-10-16-11-26-22-21(27-16)28-19(31)13-33-22/h1-2,7,9,11,14,24H,3-6,8,10,12-13H2,(H,27,28,31)/t14-/m0/s1. The molecule has 172 valence electrons. The van der Waals surface area contributed by atoms with Crippen LogP contribution in [0.5, 0.6) is 0 Å². The first-order valence-corrected chi connectivity index (χ1v) is 11.9. The number of nitrogens with one attached hydrogen (secondary N) is 2. The molecule has 2 aliphatic heterocycles. The van der Waals surface area contributed by atoms with Gasteiger partial charge in [-0.3, -0.25) is 14.6 Å². The molecule has 0 saturated carbocycles. The summed E-state index contributed by atoms with van der Waals surface area (Å²) >= 11 is 1.40. The van der Waals surface area contributed by atoms with Crippen molar-refractivity contribution in [3.8, 4) is 0 Å². The molecule has 0 spiro atoms. The van der Waals surface area contributed by atoms with Gasteiger partial charge in [0, 0.05) is 38.3 Å². The van der Waals surface area contributed by atoms with E-state index in [0.29, 0.717) is 41.6 Å². The molecule has 1 fully saturated rings. The zero-order valence-corrected chi connectivity index (χ0v) is 18.8. The molecule has 9 nitrogen and oxygen atoms in total. The van der Waals surface area contributed by atoms with E-state index < -0.39 is 5.82 Å². The summed E-state index contributed by atoms with van der Waals surface area (Å²) in [5.41, 5.74) is 1.79. The fraction of sp³-hybridized carbons (Fsp3) is 0.409. The molecule has 0 aromatic carbocycles. The van der Waals surface area contributed by atoms with Gasteiger partial charge >= 0.3 is 0 Å². The molecule has 1 amide bonds. The highest BCUT2D eigenvalue weighted by molar-refractivity contribution is 8.00. The number of rotatable bonds is 7. The van der Waals surface area contributed by atoms with Gasteiger partial charge in [-0.15, -0.1) is 0 Å². The summed E-state index contributed by atoms with van der Waals surface area (Å²) in [6, 6.07) is 4.48. The highest BCUT2D eigenvalue weighted by Gasteiger charge is 2.23. The Balaban J connectivity index is 1.12. The number of carbonyl (C=O) groups is 1. The van der Waals surface area contributed by atoms with Gasteiger partial charge in [0.15, 0.2) is 5.82 Å². The number of hydrogen-bond donors (Lipinski definition) is 2. The first-order chi connectivity index (χ1) is 16.0. The number of anilines is 1. The minimum atomic E-state index is -0.445. The molecule has 2 N–H and O–H groups in total. The summed E-state index contributed by atoms with van der Waals surface area (Å²) in [7, 11) is 0. The van der Waals surface area contributed by atoms with E-state index in [2.05, 4.69) is 30.5 Å². The predicted octanol–water partition coefficient (Wildman–Crippen LogP) is 1.48. The SMILES string of the molecule is O=C1CSc2ncc(CNC[C@@H]3CCN(CCn4c(=O)ccc5ncc(F)cc54)C3)nc2N1. The van der Waals surface area contributed by atoms with E-state index in [1.807, 2.05) is 0 Å². The second kappa shape index (κ2) is 9.54. The third-order valence-electron chi connectivity index (χ3n) is 5.94. The van der Waals surface area contributed by atoms with E-state index in [1.54, 1.807) is 16.8 Å². The monoisotopic (exact) mass is 469 g/mol. The number of nitrogens with zero attached hydrogens (tertiary/aromatic N) is 5. The van der Waals surface area contributed by atoms with E-state index in [4.69, 9.17) is 0 Å². The lowest BCUT2D eigenvalue weighted by Crippen LogP contribution is -2.31. The van der Waals surface area contributed by atoms with E-state index in [9.17, 15) is 14.0 Å². The highest BCUT2D eigenvalue weighted by Crippen LogP contribution is 2.27. The predicted molar refractivity (Wildman–Crippen MR) is 124 cm³/mol. The molecule has 0 aliphatic carbocycles. The van der Waals surface area contributed by atoms with Crippen LogP contribution in [0.3, 0.4) is 0 Å². The first-order valence-electron chi connectivity index (χ1n) is 10.9. The number of pyridine rings is 2. The van der Waals surface area contributed by atoms with Crippen LogP contribution in [0.15, 0.2) is 40.4 Å². The van der Waals surface area contributed by atoms with Crippen LogP contribution in [-0.2, 0) is 17.9 Å². The lowest BCUT2D eigenvalue weighted by molar-refractivity contribution is -0.113. The Bertz CT molecular complexity index is 1250. The Morgan fingerprint density at radius 1 is 1.21 bits per heavy atom. The zero-order chi connectivity index (χ0) is 22.8. The summed E-state index contributed by atoms with van der Waals surface area (Å²) in [6.07, 6.45) is 3.98. The Kier molecular flexibility index (Phi) is 6.34. The van der Waals surface area contributed by atoms with Crippen molar-refractivity contribution in [2.24, 2.45) is 5.92 Å². The maximum atomic E-state index is 13.7. The van der Waals surface area contributed by atoms with Crippen LogP contribution in [-0.4, -0.2) is 62.3 Å². The zero-order valence-electron chi connectivity index (χ0n) is 18.0. The van der Waals surface area contributed by atoms with Gasteiger partial charge in [0.25, 0.3) is 5.56 Å². The van der Waals surface area contributed by atoms with Crippen molar-refractivity contribution in [3.63, 3.8) is 0 Å². The van der Waals surface area contributed by atoms with Crippen molar-refractivity contribution < 1.29 is 9.18 Å². The molecule has 33 heavy (non-hydrogen) atoms. The molecule has 0 bridgehead atoms. The number of thioether (sulfide) groups is 1. The van der Waals surface area contributed by atoms with Crippen LogP contribution in [0.2, 0.25) is 0 Å². The maximum absolute atomic E-state index is 13.7. The third-order valence-corrected chi connectivity index (χ3v) is 6.92. The largest absolute Gasteiger partial charge is 0.311 e. The first kappa shape index (κ1) is 21.9. The molecule has 1 saturated heterocycles. The topological polar surface area (TPSA) is 105 Å². The maximum Gasteiger partial charge on any atom is 0.251 e. The van der Waals surface area contributed by atoms with Gasteiger partial charge in [-0.05, 0) is 31.5 Å². The smallest absolute Gasteiger partial charge is 0.251 e. The molecule has 2 aliphatic rings.